The van der Waals surface area contributed by atoms with Crippen LogP contribution in [-0.4, -0.2) is 42.5 Å². The van der Waals surface area contributed by atoms with Gasteiger partial charge in [0.2, 0.25) is 0 Å². The van der Waals surface area contributed by atoms with Gasteiger partial charge in [-0.05, 0) is 55.1 Å². The second-order valence-corrected chi connectivity index (χ2v) is 7.12. The van der Waals surface area contributed by atoms with E-state index < -0.39 is 0 Å². The van der Waals surface area contributed by atoms with Crippen molar-refractivity contribution in [3.05, 3.63) is 65.5 Å². The van der Waals surface area contributed by atoms with Crippen molar-refractivity contribution in [2.75, 3.05) is 26.7 Å². The summed E-state index contributed by atoms with van der Waals surface area (Å²) in [5, 5.41) is 6.74. The van der Waals surface area contributed by atoms with E-state index in [0.717, 1.165) is 32.0 Å². The first-order valence-corrected chi connectivity index (χ1v) is 9.97. The predicted molar refractivity (Wildman–Crippen MR) is 112 cm³/mol. The molecule has 5 nitrogen and oxygen atoms in total. The number of likely N-dealkylation sites (tertiary alicyclic amines) is 1. The van der Waals surface area contributed by atoms with Gasteiger partial charge in [0.05, 0.1) is 0 Å². The lowest BCUT2D eigenvalue weighted by Crippen LogP contribution is -2.37. The van der Waals surface area contributed by atoms with Crippen LogP contribution in [0.15, 0.2) is 53.8 Å². The number of aromatic nitrogens is 1. The fraction of sp³-hybridized carbons (Fsp3) is 0.455. The van der Waals surface area contributed by atoms with E-state index in [0.29, 0.717) is 0 Å². The smallest absolute Gasteiger partial charge is 0.191 e. The Bertz CT molecular complexity index is 690. The minimum absolute atomic E-state index is 0.774. The number of aliphatic imine (C=N–C) groups is 1. The minimum atomic E-state index is 0.774. The zero-order chi connectivity index (χ0) is 18.7. The van der Waals surface area contributed by atoms with Gasteiger partial charge in [0.1, 0.15) is 0 Å². The van der Waals surface area contributed by atoms with E-state index in [4.69, 9.17) is 0 Å². The first-order valence-electron chi connectivity index (χ1n) is 9.97. The summed E-state index contributed by atoms with van der Waals surface area (Å²) >= 11 is 0. The molecule has 2 heterocycles. The summed E-state index contributed by atoms with van der Waals surface area (Å²) in [5.74, 6) is 0.830. The highest BCUT2D eigenvalue weighted by Gasteiger charge is 2.10. The maximum atomic E-state index is 4.30. The van der Waals surface area contributed by atoms with Gasteiger partial charge >= 0.3 is 0 Å². The first kappa shape index (κ1) is 19.4. The molecule has 0 bridgehead atoms. The lowest BCUT2D eigenvalue weighted by atomic mass is 10.1. The summed E-state index contributed by atoms with van der Waals surface area (Å²) in [6, 6.07) is 13.0. The second kappa shape index (κ2) is 10.7. The Hall–Kier alpha value is -2.40. The molecule has 0 unspecified atom stereocenters. The highest BCUT2D eigenvalue weighted by molar-refractivity contribution is 5.79. The van der Waals surface area contributed by atoms with Gasteiger partial charge in [0.25, 0.3) is 0 Å². The number of piperidine rings is 1. The molecule has 1 aromatic carbocycles. The Morgan fingerprint density at radius 1 is 1.00 bits per heavy atom. The van der Waals surface area contributed by atoms with E-state index in [1.165, 1.54) is 49.0 Å². The summed E-state index contributed by atoms with van der Waals surface area (Å²) in [7, 11) is 1.81. The molecule has 5 heteroatoms. The maximum Gasteiger partial charge on any atom is 0.191 e. The van der Waals surface area contributed by atoms with Crippen LogP contribution < -0.4 is 10.6 Å². The summed E-state index contributed by atoms with van der Waals surface area (Å²) in [4.78, 5) is 11.0. The fourth-order valence-corrected chi connectivity index (χ4v) is 3.42. The normalized spacial score (nSPS) is 15.5. The van der Waals surface area contributed by atoms with E-state index in [-0.39, 0.29) is 0 Å². The highest BCUT2D eigenvalue weighted by atomic mass is 15.2. The van der Waals surface area contributed by atoms with Gasteiger partial charge in [-0.15, -0.1) is 0 Å². The van der Waals surface area contributed by atoms with Crippen LogP contribution in [0, 0.1) is 0 Å². The molecule has 0 amide bonds. The lowest BCUT2D eigenvalue weighted by molar-refractivity contribution is 0.221. The average Bonchev–Trinajstić information content (AvgIpc) is 2.73. The largest absolute Gasteiger partial charge is 0.356 e. The van der Waals surface area contributed by atoms with E-state index in [2.05, 4.69) is 55.8 Å². The van der Waals surface area contributed by atoms with Crippen molar-refractivity contribution >= 4 is 5.96 Å². The molecule has 1 aliphatic heterocycles. The van der Waals surface area contributed by atoms with Crippen LogP contribution in [0.3, 0.4) is 0 Å². The molecule has 27 heavy (non-hydrogen) atoms. The molecule has 0 spiro atoms. The molecule has 0 saturated carbocycles. The third kappa shape index (κ3) is 6.68. The van der Waals surface area contributed by atoms with Crippen LogP contribution >= 0.6 is 0 Å². The topological polar surface area (TPSA) is 52.6 Å². The van der Waals surface area contributed by atoms with Crippen molar-refractivity contribution in [1.82, 2.24) is 20.5 Å². The Morgan fingerprint density at radius 3 is 2.48 bits per heavy atom. The van der Waals surface area contributed by atoms with Gasteiger partial charge in [0.15, 0.2) is 5.96 Å². The first-order chi connectivity index (χ1) is 13.3. The molecule has 1 fully saturated rings. The molecule has 0 radical (unpaired) electrons. The molecule has 1 aromatic heterocycles. The summed E-state index contributed by atoms with van der Waals surface area (Å²) in [6.45, 7) is 5.16. The van der Waals surface area contributed by atoms with Gasteiger partial charge in [-0.3, -0.25) is 14.9 Å². The minimum Gasteiger partial charge on any atom is -0.356 e. The third-order valence-electron chi connectivity index (χ3n) is 4.99. The van der Waals surface area contributed by atoms with Crippen LogP contribution in [0.25, 0.3) is 0 Å². The van der Waals surface area contributed by atoms with E-state index in [1.54, 1.807) is 13.2 Å². The van der Waals surface area contributed by atoms with Crippen LogP contribution in [0.4, 0.5) is 0 Å². The average molecular weight is 366 g/mol. The summed E-state index contributed by atoms with van der Waals surface area (Å²) < 4.78 is 0. The zero-order valence-electron chi connectivity index (χ0n) is 16.3. The molecule has 0 atom stereocenters. The van der Waals surface area contributed by atoms with Crippen molar-refractivity contribution < 1.29 is 0 Å². The number of benzene rings is 1. The van der Waals surface area contributed by atoms with Gasteiger partial charge in [-0.1, -0.05) is 36.8 Å². The number of nitrogens with one attached hydrogen (secondary N) is 2. The van der Waals surface area contributed by atoms with Crippen molar-refractivity contribution in [3.8, 4) is 0 Å². The van der Waals surface area contributed by atoms with Gasteiger partial charge in [-0.25, -0.2) is 0 Å². The van der Waals surface area contributed by atoms with Crippen molar-refractivity contribution in [2.24, 2.45) is 4.99 Å². The van der Waals surface area contributed by atoms with Crippen LogP contribution in [0.5, 0.6) is 0 Å². The number of hydrogen-bond acceptors (Lipinski definition) is 3. The van der Waals surface area contributed by atoms with Crippen molar-refractivity contribution in [1.29, 1.82) is 0 Å². The fourth-order valence-electron chi connectivity index (χ4n) is 3.42. The van der Waals surface area contributed by atoms with E-state index in [9.17, 15) is 0 Å². The van der Waals surface area contributed by atoms with Crippen LogP contribution in [0.2, 0.25) is 0 Å². The SMILES string of the molecule is CN=C(NCCc1cccnc1)NCc1ccc(CN2CCCCC2)cc1. The summed E-state index contributed by atoms with van der Waals surface area (Å²) in [5.41, 5.74) is 3.90. The molecule has 144 valence electrons. The monoisotopic (exact) mass is 365 g/mol. The molecule has 2 N–H and O–H groups in total. The number of pyridine rings is 1. The van der Waals surface area contributed by atoms with Crippen molar-refractivity contribution in [2.45, 2.75) is 38.8 Å². The predicted octanol–water partition coefficient (Wildman–Crippen LogP) is 2.98. The van der Waals surface area contributed by atoms with Crippen LogP contribution in [0.1, 0.15) is 36.0 Å². The number of nitrogens with zero attached hydrogens (tertiary/aromatic N) is 3. The Labute approximate surface area is 162 Å². The molecule has 1 aliphatic rings. The second-order valence-electron chi connectivity index (χ2n) is 7.12. The lowest BCUT2D eigenvalue weighted by Gasteiger charge is -2.26. The highest BCUT2D eigenvalue weighted by Crippen LogP contribution is 2.13. The maximum absolute atomic E-state index is 4.30. The van der Waals surface area contributed by atoms with Crippen LogP contribution in [-0.2, 0) is 19.5 Å². The molecule has 3 rings (SSSR count). The van der Waals surface area contributed by atoms with Gasteiger partial charge in [-0.2, -0.15) is 0 Å². The molecular weight excluding hydrogens is 334 g/mol. The van der Waals surface area contributed by atoms with E-state index >= 15 is 0 Å². The number of rotatable bonds is 7. The number of hydrogen-bond donors (Lipinski definition) is 2. The Kier molecular flexibility index (Phi) is 7.66. The molecule has 2 aromatic rings. The van der Waals surface area contributed by atoms with Gasteiger partial charge in [0, 0.05) is 39.1 Å². The third-order valence-corrected chi connectivity index (χ3v) is 4.99. The standard InChI is InChI=1S/C22H31N5/c1-23-22(25-13-11-19-6-5-12-24-16-19)26-17-20-7-9-21(10-8-20)18-27-14-3-2-4-15-27/h5-10,12,16H,2-4,11,13-15,17-18H2,1H3,(H2,23,25,26). The summed E-state index contributed by atoms with van der Waals surface area (Å²) in [6.07, 6.45) is 8.71. The Balaban J connectivity index is 1.40. The molecule has 0 aliphatic carbocycles. The Morgan fingerprint density at radius 2 is 1.78 bits per heavy atom. The van der Waals surface area contributed by atoms with Gasteiger partial charge < -0.3 is 10.6 Å². The quantitative estimate of drug-likeness (QED) is 0.585. The zero-order valence-corrected chi connectivity index (χ0v) is 16.3. The molecule has 1 saturated heterocycles. The number of guanidine groups is 1. The molecular formula is C22H31N5. The van der Waals surface area contributed by atoms with E-state index in [1.807, 2.05) is 12.3 Å². The van der Waals surface area contributed by atoms with Crippen molar-refractivity contribution in [3.63, 3.8) is 0 Å².